The number of Topliss-reactive ketones (excluding diaryl/α,β-unsaturated/α-hetero) is 1. The van der Waals surface area contributed by atoms with Gasteiger partial charge in [-0.25, -0.2) is 13.6 Å². The summed E-state index contributed by atoms with van der Waals surface area (Å²) in [6.07, 6.45) is 0.0612. The van der Waals surface area contributed by atoms with Crippen molar-refractivity contribution in [3.8, 4) is 0 Å². The molecule has 23 heavy (non-hydrogen) atoms. The maximum atomic E-state index is 14.0. The smallest absolute Gasteiger partial charge is 0.407 e. The molecule has 2 atom stereocenters. The zero-order valence-corrected chi connectivity index (χ0v) is 13.5. The molecular formula is C17H21F2NO3. The van der Waals surface area contributed by atoms with Gasteiger partial charge in [-0.2, -0.15) is 0 Å². The van der Waals surface area contributed by atoms with Gasteiger partial charge in [-0.05, 0) is 51.0 Å². The summed E-state index contributed by atoms with van der Waals surface area (Å²) in [6, 6.07) is 2.62. The second kappa shape index (κ2) is 6.64. The number of halogens is 2. The van der Waals surface area contributed by atoms with Crippen LogP contribution in [0.25, 0.3) is 0 Å². The zero-order valence-electron chi connectivity index (χ0n) is 13.5. The third kappa shape index (κ3) is 4.74. The van der Waals surface area contributed by atoms with Crippen molar-refractivity contribution in [1.29, 1.82) is 0 Å². The van der Waals surface area contributed by atoms with E-state index < -0.39 is 35.3 Å². The van der Waals surface area contributed by atoms with Crippen molar-refractivity contribution >= 4 is 11.9 Å². The highest BCUT2D eigenvalue weighted by Crippen LogP contribution is 2.33. The summed E-state index contributed by atoms with van der Waals surface area (Å²) in [5, 5.41) is 2.63. The monoisotopic (exact) mass is 325 g/mol. The predicted octanol–water partition coefficient (Wildman–Crippen LogP) is 3.69. The Labute approximate surface area is 134 Å². The molecule has 0 radical (unpaired) electrons. The van der Waals surface area contributed by atoms with E-state index in [1.54, 1.807) is 20.8 Å². The van der Waals surface area contributed by atoms with Gasteiger partial charge in [0, 0.05) is 24.8 Å². The highest BCUT2D eigenvalue weighted by atomic mass is 19.1. The number of rotatable bonds is 2. The fraction of sp³-hybridized carbons (Fsp3) is 0.529. The Morgan fingerprint density at radius 1 is 1.30 bits per heavy atom. The summed E-state index contributed by atoms with van der Waals surface area (Å²) in [5.41, 5.74) is -0.499. The molecule has 0 spiro atoms. The number of ketones is 1. The van der Waals surface area contributed by atoms with Crippen LogP contribution >= 0.6 is 0 Å². The van der Waals surface area contributed by atoms with Crippen molar-refractivity contribution in [2.24, 2.45) is 0 Å². The molecule has 0 saturated heterocycles. The van der Waals surface area contributed by atoms with Crippen molar-refractivity contribution in [3.63, 3.8) is 0 Å². The average Bonchev–Trinajstić information content (AvgIpc) is 2.40. The number of benzene rings is 1. The predicted molar refractivity (Wildman–Crippen MR) is 81.1 cm³/mol. The normalized spacial score (nSPS) is 21.9. The number of carbonyl (C=O) groups is 2. The molecule has 2 rings (SSSR count). The van der Waals surface area contributed by atoms with Crippen LogP contribution in [0.5, 0.6) is 0 Å². The number of alkyl carbamates (subject to hydrolysis) is 1. The van der Waals surface area contributed by atoms with Crippen molar-refractivity contribution in [2.75, 3.05) is 0 Å². The SMILES string of the molecule is CC(C)(C)OC(=O)NC1CC(=O)CCC1c1cc(F)ccc1F. The Bertz CT molecular complexity index is 610. The highest BCUT2D eigenvalue weighted by Gasteiger charge is 2.34. The Balaban J connectivity index is 2.21. The number of ether oxygens (including phenoxy) is 1. The lowest BCUT2D eigenvalue weighted by Gasteiger charge is -2.32. The fourth-order valence-electron chi connectivity index (χ4n) is 2.79. The first-order valence-electron chi connectivity index (χ1n) is 7.62. The minimum atomic E-state index is -0.678. The Kier molecular flexibility index (Phi) is 5.02. The molecule has 2 unspecified atom stereocenters. The van der Waals surface area contributed by atoms with Gasteiger partial charge >= 0.3 is 6.09 Å². The van der Waals surface area contributed by atoms with Gasteiger partial charge in [0.2, 0.25) is 0 Å². The molecule has 1 aromatic rings. The number of amides is 1. The van der Waals surface area contributed by atoms with Crippen LogP contribution in [0.15, 0.2) is 18.2 Å². The molecular weight excluding hydrogens is 304 g/mol. The van der Waals surface area contributed by atoms with E-state index in [1.807, 2.05) is 0 Å². The number of carbonyl (C=O) groups excluding carboxylic acids is 2. The molecule has 1 amide bonds. The summed E-state index contributed by atoms with van der Waals surface area (Å²) >= 11 is 0. The lowest BCUT2D eigenvalue weighted by atomic mass is 9.79. The molecule has 1 saturated carbocycles. The minimum absolute atomic E-state index is 0.0147. The van der Waals surface area contributed by atoms with Crippen molar-refractivity contribution in [1.82, 2.24) is 5.32 Å². The van der Waals surface area contributed by atoms with Gasteiger partial charge in [-0.1, -0.05) is 0 Å². The van der Waals surface area contributed by atoms with E-state index in [2.05, 4.69) is 5.32 Å². The number of hydrogen-bond acceptors (Lipinski definition) is 3. The summed E-state index contributed by atoms with van der Waals surface area (Å²) < 4.78 is 32.7. The minimum Gasteiger partial charge on any atom is -0.444 e. The van der Waals surface area contributed by atoms with Gasteiger partial charge < -0.3 is 10.1 Å². The van der Waals surface area contributed by atoms with Gasteiger partial charge in [0.25, 0.3) is 0 Å². The average molecular weight is 325 g/mol. The Hall–Kier alpha value is -1.98. The summed E-state index contributed by atoms with van der Waals surface area (Å²) in [4.78, 5) is 23.7. The molecule has 4 nitrogen and oxygen atoms in total. The summed E-state index contributed by atoms with van der Waals surface area (Å²) in [6.45, 7) is 5.17. The molecule has 1 N–H and O–H groups in total. The lowest BCUT2D eigenvalue weighted by Crippen LogP contribution is -2.45. The first kappa shape index (κ1) is 17.4. The molecule has 1 aromatic carbocycles. The molecule has 0 aromatic heterocycles. The highest BCUT2D eigenvalue weighted by molar-refractivity contribution is 5.81. The number of nitrogens with one attached hydrogen (secondary N) is 1. The second-order valence-corrected chi connectivity index (χ2v) is 6.81. The van der Waals surface area contributed by atoms with E-state index in [4.69, 9.17) is 4.74 Å². The molecule has 1 fully saturated rings. The second-order valence-electron chi connectivity index (χ2n) is 6.81. The quantitative estimate of drug-likeness (QED) is 0.902. The van der Waals surface area contributed by atoms with Crippen LogP contribution in [-0.2, 0) is 9.53 Å². The van der Waals surface area contributed by atoms with E-state index in [9.17, 15) is 18.4 Å². The van der Waals surface area contributed by atoms with E-state index >= 15 is 0 Å². The standard InChI is InChI=1S/C17H21F2NO3/c1-17(2,3)23-16(22)20-15-9-11(21)5-6-12(15)13-8-10(18)4-7-14(13)19/h4,7-8,12,15H,5-6,9H2,1-3H3,(H,20,22). The molecule has 0 aliphatic heterocycles. The van der Waals surface area contributed by atoms with Gasteiger partial charge in [-0.3, -0.25) is 4.79 Å². The Morgan fingerprint density at radius 3 is 2.65 bits per heavy atom. The van der Waals surface area contributed by atoms with E-state index in [1.165, 1.54) is 0 Å². The molecule has 1 aliphatic carbocycles. The zero-order chi connectivity index (χ0) is 17.2. The molecule has 0 bridgehead atoms. The lowest BCUT2D eigenvalue weighted by molar-refractivity contribution is -0.121. The summed E-state index contributed by atoms with van der Waals surface area (Å²) in [7, 11) is 0. The first-order valence-corrected chi connectivity index (χ1v) is 7.62. The van der Waals surface area contributed by atoms with Crippen LogP contribution < -0.4 is 5.32 Å². The summed E-state index contributed by atoms with van der Waals surface area (Å²) in [5.74, 6) is -1.56. The van der Waals surface area contributed by atoms with Crippen LogP contribution in [0.3, 0.4) is 0 Å². The fourth-order valence-corrected chi connectivity index (χ4v) is 2.79. The van der Waals surface area contributed by atoms with Crippen LogP contribution in [0.1, 0.15) is 51.5 Å². The first-order chi connectivity index (χ1) is 10.7. The van der Waals surface area contributed by atoms with Gasteiger partial charge in [0.1, 0.15) is 23.0 Å². The van der Waals surface area contributed by atoms with Crippen molar-refractivity contribution in [2.45, 2.75) is 57.6 Å². The maximum Gasteiger partial charge on any atom is 0.407 e. The molecule has 0 heterocycles. The van der Waals surface area contributed by atoms with Crippen molar-refractivity contribution < 1.29 is 23.1 Å². The molecule has 1 aliphatic rings. The molecule has 6 heteroatoms. The maximum absolute atomic E-state index is 14.0. The van der Waals surface area contributed by atoms with E-state index in [-0.39, 0.29) is 24.2 Å². The largest absolute Gasteiger partial charge is 0.444 e. The third-order valence-electron chi connectivity index (χ3n) is 3.73. The van der Waals surface area contributed by atoms with Crippen LogP contribution in [-0.4, -0.2) is 23.5 Å². The van der Waals surface area contributed by atoms with Gasteiger partial charge in [0.05, 0.1) is 0 Å². The van der Waals surface area contributed by atoms with Crippen LogP contribution in [0.4, 0.5) is 13.6 Å². The van der Waals surface area contributed by atoms with Crippen molar-refractivity contribution in [3.05, 3.63) is 35.4 Å². The third-order valence-corrected chi connectivity index (χ3v) is 3.73. The number of hydrogen-bond donors (Lipinski definition) is 1. The van der Waals surface area contributed by atoms with Gasteiger partial charge in [-0.15, -0.1) is 0 Å². The van der Waals surface area contributed by atoms with Crippen LogP contribution in [0.2, 0.25) is 0 Å². The van der Waals surface area contributed by atoms with E-state index in [0.717, 1.165) is 18.2 Å². The van der Waals surface area contributed by atoms with Crippen LogP contribution in [0, 0.1) is 11.6 Å². The Morgan fingerprint density at radius 2 is 2.00 bits per heavy atom. The topological polar surface area (TPSA) is 55.4 Å². The molecule has 126 valence electrons. The van der Waals surface area contributed by atoms with Gasteiger partial charge in [0.15, 0.2) is 0 Å². The van der Waals surface area contributed by atoms with E-state index in [0.29, 0.717) is 6.42 Å².